The van der Waals surface area contributed by atoms with Gasteiger partial charge >= 0.3 is 0 Å². The Morgan fingerprint density at radius 1 is 1.23 bits per heavy atom. The van der Waals surface area contributed by atoms with E-state index in [-0.39, 0.29) is 6.67 Å². The molecule has 0 amide bonds. The van der Waals surface area contributed by atoms with E-state index in [1.54, 1.807) is 26.0 Å². The van der Waals surface area contributed by atoms with Gasteiger partial charge in [0, 0.05) is 24.8 Å². The smallest absolute Gasteiger partial charge is 0.147 e. The second-order valence-corrected chi connectivity index (χ2v) is 8.83. The van der Waals surface area contributed by atoms with Gasteiger partial charge in [-0.05, 0) is 68.2 Å². The average Bonchev–Trinajstić information content (AvgIpc) is 3.52. The number of aryl methyl sites for hydroxylation is 1. The minimum Gasteiger partial charge on any atom is -0.496 e. The van der Waals surface area contributed by atoms with Gasteiger partial charge in [-0.1, -0.05) is 0 Å². The van der Waals surface area contributed by atoms with Crippen molar-refractivity contribution in [3.05, 3.63) is 36.0 Å². The van der Waals surface area contributed by atoms with Gasteiger partial charge in [0.25, 0.3) is 0 Å². The van der Waals surface area contributed by atoms with E-state index in [0.717, 1.165) is 51.2 Å². The van der Waals surface area contributed by atoms with Gasteiger partial charge in [0.2, 0.25) is 0 Å². The lowest BCUT2D eigenvalue weighted by Gasteiger charge is -2.25. The first-order valence-electron chi connectivity index (χ1n) is 10.7. The SMILES string of the molecule is COc1cc(C)cc(OC)c1-c1cccn2c(N(CCCF)CC3CC3)c(SC)nc12. The maximum Gasteiger partial charge on any atom is 0.147 e. The third kappa shape index (κ3) is 4.33. The van der Waals surface area contributed by atoms with Crippen LogP contribution in [0.3, 0.4) is 0 Å². The summed E-state index contributed by atoms with van der Waals surface area (Å²) in [5.74, 6) is 3.26. The fraction of sp³-hybridized carbons (Fsp3) is 0.458. The fourth-order valence-electron chi connectivity index (χ4n) is 4.11. The maximum absolute atomic E-state index is 13.0. The Kier molecular flexibility index (Phi) is 6.60. The highest BCUT2D eigenvalue weighted by Crippen LogP contribution is 2.43. The second kappa shape index (κ2) is 9.39. The molecular formula is C24H30FN3O2S. The highest BCUT2D eigenvalue weighted by atomic mass is 32.2. The zero-order chi connectivity index (χ0) is 22.0. The number of thioether (sulfide) groups is 1. The summed E-state index contributed by atoms with van der Waals surface area (Å²) in [5.41, 5.74) is 3.76. The number of methoxy groups -OCH3 is 2. The van der Waals surface area contributed by atoms with E-state index in [1.807, 2.05) is 37.6 Å². The van der Waals surface area contributed by atoms with Gasteiger partial charge in [-0.2, -0.15) is 0 Å². The third-order valence-corrected chi connectivity index (χ3v) is 6.40. The van der Waals surface area contributed by atoms with Gasteiger partial charge in [0.05, 0.1) is 26.5 Å². The number of halogens is 1. The predicted molar refractivity (Wildman–Crippen MR) is 126 cm³/mol. The summed E-state index contributed by atoms with van der Waals surface area (Å²) in [6, 6.07) is 8.11. The third-order valence-electron chi connectivity index (χ3n) is 5.74. The quantitative estimate of drug-likeness (QED) is 0.380. The molecule has 1 aliphatic carbocycles. The van der Waals surface area contributed by atoms with Gasteiger partial charge in [0.1, 0.15) is 28.0 Å². The Hall–Kier alpha value is -2.41. The lowest BCUT2D eigenvalue weighted by Crippen LogP contribution is -2.29. The molecular weight excluding hydrogens is 413 g/mol. The summed E-state index contributed by atoms with van der Waals surface area (Å²) in [5, 5.41) is 0.956. The highest BCUT2D eigenvalue weighted by molar-refractivity contribution is 7.98. The molecule has 1 aliphatic rings. The van der Waals surface area contributed by atoms with E-state index >= 15 is 0 Å². The van der Waals surface area contributed by atoms with E-state index in [2.05, 4.69) is 15.4 Å². The van der Waals surface area contributed by atoms with Crippen LogP contribution in [0.2, 0.25) is 0 Å². The molecule has 0 N–H and O–H groups in total. The van der Waals surface area contributed by atoms with Gasteiger partial charge in [-0.15, -0.1) is 11.8 Å². The van der Waals surface area contributed by atoms with Gasteiger partial charge in [-0.25, -0.2) is 4.98 Å². The van der Waals surface area contributed by atoms with Crippen molar-refractivity contribution in [2.45, 2.75) is 31.2 Å². The van der Waals surface area contributed by atoms with E-state index in [4.69, 9.17) is 14.5 Å². The van der Waals surface area contributed by atoms with E-state index in [9.17, 15) is 4.39 Å². The van der Waals surface area contributed by atoms with Crippen LogP contribution >= 0.6 is 11.8 Å². The molecule has 1 aromatic carbocycles. The number of hydrogen-bond donors (Lipinski definition) is 0. The maximum atomic E-state index is 13.0. The second-order valence-electron chi connectivity index (χ2n) is 8.04. The lowest BCUT2D eigenvalue weighted by atomic mass is 10.0. The van der Waals surface area contributed by atoms with E-state index in [1.165, 1.54) is 12.8 Å². The minimum absolute atomic E-state index is 0.310. The zero-order valence-electron chi connectivity index (χ0n) is 18.7. The number of hydrogen-bond acceptors (Lipinski definition) is 5. The minimum atomic E-state index is -0.310. The van der Waals surface area contributed by atoms with Gasteiger partial charge in [-0.3, -0.25) is 8.79 Å². The Balaban J connectivity index is 1.91. The number of alkyl halides is 1. The molecule has 4 rings (SSSR count). The number of nitrogens with zero attached hydrogens (tertiary/aromatic N) is 3. The molecule has 0 atom stereocenters. The first kappa shape index (κ1) is 21.8. The number of anilines is 1. The predicted octanol–water partition coefficient (Wildman–Crippen LogP) is 5.62. The number of pyridine rings is 1. The molecule has 2 heterocycles. The molecule has 3 aromatic rings. The lowest BCUT2D eigenvalue weighted by molar-refractivity contribution is 0.397. The molecule has 0 spiro atoms. The van der Waals surface area contributed by atoms with Crippen LogP contribution < -0.4 is 14.4 Å². The normalized spacial score (nSPS) is 13.6. The standard InChI is InChI=1S/C24H30FN3O2S/c1-16-13-19(29-2)21(20(14-16)30-3)18-7-5-12-28-22(18)26-23(31-4)24(28)27(11-6-10-25)15-17-8-9-17/h5,7,12-14,17H,6,8-11,15H2,1-4H3. The molecule has 7 heteroatoms. The molecule has 2 aromatic heterocycles. The summed E-state index contributed by atoms with van der Waals surface area (Å²) in [6.07, 6.45) is 7.11. The number of ether oxygens (including phenoxy) is 2. The summed E-state index contributed by atoms with van der Waals surface area (Å²) < 4.78 is 26.6. The van der Waals surface area contributed by atoms with Crippen molar-refractivity contribution in [2.75, 3.05) is 45.1 Å². The van der Waals surface area contributed by atoms with Crippen molar-refractivity contribution in [1.29, 1.82) is 0 Å². The monoisotopic (exact) mass is 443 g/mol. The van der Waals surface area contributed by atoms with Crippen LogP contribution in [0.4, 0.5) is 10.2 Å². The van der Waals surface area contributed by atoms with Crippen LogP contribution in [0, 0.1) is 12.8 Å². The van der Waals surface area contributed by atoms with Gasteiger partial charge in [0.15, 0.2) is 0 Å². The molecule has 0 aliphatic heterocycles. The van der Waals surface area contributed by atoms with Crippen LogP contribution in [-0.2, 0) is 0 Å². The molecule has 1 fully saturated rings. The molecule has 166 valence electrons. The summed E-state index contributed by atoms with van der Waals surface area (Å²) in [4.78, 5) is 7.33. The van der Waals surface area contributed by atoms with Crippen molar-refractivity contribution < 1.29 is 13.9 Å². The van der Waals surface area contributed by atoms with Crippen LogP contribution in [0.25, 0.3) is 16.8 Å². The van der Waals surface area contributed by atoms with E-state index in [0.29, 0.717) is 18.9 Å². The zero-order valence-corrected chi connectivity index (χ0v) is 19.5. The van der Waals surface area contributed by atoms with Crippen molar-refractivity contribution >= 4 is 23.2 Å². The van der Waals surface area contributed by atoms with Crippen LogP contribution in [0.5, 0.6) is 11.5 Å². The molecule has 1 saturated carbocycles. The Morgan fingerprint density at radius 2 is 1.94 bits per heavy atom. The van der Waals surface area contributed by atoms with Crippen LogP contribution in [0.15, 0.2) is 35.5 Å². The Bertz CT molecular complexity index is 1040. The van der Waals surface area contributed by atoms with Crippen molar-refractivity contribution in [2.24, 2.45) is 5.92 Å². The summed E-state index contributed by atoms with van der Waals surface area (Å²) >= 11 is 1.63. The molecule has 0 saturated heterocycles. The summed E-state index contributed by atoms with van der Waals surface area (Å²) in [7, 11) is 3.35. The number of benzene rings is 1. The molecule has 0 radical (unpaired) electrons. The fourth-order valence-corrected chi connectivity index (χ4v) is 4.70. The topological polar surface area (TPSA) is 39.0 Å². The van der Waals surface area contributed by atoms with Crippen molar-refractivity contribution in [1.82, 2.24) is 9.38 Å². The number of rotatable bonds is 10. The first-order valence-corrected chi connectivity index (χ1v) is 11.9. The molecule has 0 bridgehead atoms. The van der Waals surface area contributed by atoms with Crippen molar-refractivity contribution in [3.63, 3.8) is 0 Å². The van der Waals surface area contributed by atoms with Gasteiger partial charge < -0.3 is 14.4 Å². The largest absolute Gasteiger partial charge is 0.496 e. The molecule has 5 nitrogen and oxygen atoms in total. The number of imidazole rings is 1. The Morgan fingerprint density at radius 3 is 2.52 bits per heavy atom. The van der Waals surface area contributed by atoms with Crippen LogP contribution in [0.1, 0.15) is 24.8 Å². The summed E-state index contributed by atoms with van der Waals surface area (Å²) in [6.45, 7) is 3.35. The average molecular weight is 444 g/mol. The number of fused-ring (bicyclic) bond motifs is 1. The molecule has 0 unspecified atom stereocenters. The highest BCUT2D eigenvalue weighted by Gasteiger charge is 2.28. The van der Waals surface area contributed by atoms with Crippen LogP contribution in [-0.4, -0.2) is 49.6 Å². The van der Waals surface area contributed by atoms with Crippen molar-refractivity contribution in [3.8, 4) is 22.6 Å². The Labute approximate surface area is 187 Å². The number of aromatic nitrogens is 2. The molecule has 31 heavy (non-hydrogen) atoms. The van der Waals surface area contributed by atoms with E-state index < -0.39 is 0 Å². The first-order chi connectivity index (χ1) is 15.1.